The minimum Gasteiger partial charge on any atom is -0.485 e. The third-order valence-corrected chi connectivity index (χ3v) is 6.97. The van der Waals surface area contributed by atoms with E-state index in [0.29, 0.717) is 10.9 Å². The van der Waals surface area contributed by atoms with Gasteiger partial charge in [-0.15, -0.1) is 0 Å². The van der Waals surface area contributed by atoms with Crippen molar-refractivity contribution in [3.8, 4) is 17.0 Å². The minimum atomic E-state index is -4.85. The van der Waals surface area contributed by atoms with Gasteiger partial charge in [-0.2, -0.15) is 23.0 Å². The molecule has 0 saturated heterocycles. The summed E-state index contributed by atoms with van der Waals surface area (Å²) in [6.07, 6.45) is -5.37. The second kappa shape index (κ2) is 10.9. The number of halogens is 5. The van der Waals surface area contributed by atoms with Crippen molar-refractivity contribution in [2.75, 3.05) is 0 Å². The molecule has 1 aromatic heterocycles. The van der Waals surface area contributed by atoms with E-state index < -0.39 is 40.3 Å². The molecule has 0 spiro atoms. The van der Waals surface area contributed by atoms with Crippen molar-refractivity contribution in [1.82, 2.24) is 9.78 Å². The molecule has 0 bridgehead atoms. The molecule has 11 heteroatoms. The molecular formula is C30H19Cl2F3N2O4. The van der Waals surface area contributed by atoms with E-state index in [9.17, 15) is 27.9 Å². The van der Waals surface area contributed by atoms with Crippen LogP contribution in [0.5, 0.6) is 5.75 Å². The largest absolute Gasteiger partial charge is 0.485 e. The van der Waals surface area contributed by atoms with Gasteiger partial charge in [-0.3, -0.25) is 4.79 Å². The smallest absolute Gasteiger partial charge is 0.417 e. The van der Waals surface area contributed by atoms with Gasteiger partial charge in [0.2, 0.25) is 0 Å². The Morgan fingerprint density at radius 1 is 0.951 bits per heavy atom. The molecule has 5 rings (SSSR count). The molecule has 0 amide bonds. The number of alkyl halides is 3. The van der Waals surface area contributed by atoms with E-state index in [1.165, 1.54) is 42.5 Å². The van der Waals surface area contributed by atoms with Crippen molar-refractivity contribution in [3.05, 3.63) is 117 Å². The first-order valence-electron chi connectivity index (χ1n) is 12.1. The summed E-state index contributed by atoms with van der Waals surface area (Å²) in [6, 6.07) is 20.8. The zero-order valence-electron chi connectivity index (χ0n) is 21.1. The van der Waals surface area contributed by atoms with Crippen LogP contribution in [0.2, 0.25) is 10.0 Å². The molecule has 41 heavy (non-hydrogen) atoms. The van der Waals surface area contributed by atoms with Crippen LogP contribution in [0.15, 0.2) is 84.9 Å². The van der Waals surface area contributed by atoms with Crippen LogP contribution >= 0.6 is 23.2 Å². The molecule has 5 aromatic rings. The average molecular weight is 599 g/mol. The van der Waals surface area contributed by atoms with E-state index >= 15 is 0 Å². The van der Waals surface area contributed by atoms with Gasteiger partial charge < -0.3 is 9.84 Å². The number of nitrogens with zero attached hydrogens (tertiary/aromatic N) is 2. The Balaban J connectivity index is 1.72. The zero-order chi connectivity index (χ0) is 29.5. The number of fused-ring (bicyclic) bond motifs is 1. The molecule has 0 aliphatic carbocycles. The highest BCUT2D eigenvalue weighted by molar-refractivity contribution is 6.34. The Labute approximate surface area is 241 Å². The number of aromatic carboxylic acids is 1. The lowest BCUT2D eigenvalue weighted by Crippen LogP contribution is -2.20. The highest BCUT2D eigenvalue weighted by atomic mass is 35.5. The third kappa shape index (κ3) is 5.51. The molecule has 0 unspecified atom stereocenters. The Hall–Kier alpha value is -4.34. The standard InChI is InChI=1S/C30H19Cl2F3N2O4/c1-16(17-6-3-2-4-7-17)41-25-14-18(29(39)40)10-12-20(25)27-21-15-19(31)11-13-24(21)37(36-27)28(38)26-22(30(33,34)35)8-5-9-23(26)32/h2-16H,1H3,(H,39,40)/t16-/m1/s1. The van der Waals surface area contributed by atoms with Gasteiger partial charge >= 0.3 is 12.1 Å². The topological polar surface area (TPSA) is 81.4 Å². The second-order valence-corrected chi connectivity index (χ2v) is 9.92. The zero-order valence-corrected chi connectivity index (χ0v) is 22.6. The number of benzene rings is 4. The van der Waals surface area contributed by atoms with E-state index in [1.807, 2.05) is 30.3 Å². The van der Waals surface area contributed by atoms with E-state index in [-0.39, 0.29) is 27.5 Å². The number of carboxylic acids is 1. The van der Waals surface area contributed by atoms with Crippen molar-refractivity contribution in [3.63, 3.8) is 0 Å². The summed E-state index contributed by atoms with van der Waals surface area (Å²) in [5, 5.41) is 14.2. The van der Waals surface area contributed by atoms with Crippen LogP contribution in [-0.4, -0.2) is 26.8 Å². The number of carbonyl (C=O) groups excluding carboxylic acids is 1. The van der Waals surface area contributed by atoms with Gasteiger partial charge in [-0.05, 0) is 61.0 Å². The molecule has 1 heterocycles. The second-order valence-electron chi connectivity index (χ2n) is 9.07. The van der Waals surface area contributed by atoms with Gasteiger partial charge in [0.25, 0.3) is 5.91 Å². The van der Waals surface area contributed by atoms with Crippen molar-refractivity contribution < 1.29 is 32.6 Å². The average Bonchev–Trinajstić information content (AvgIpc) is 3.30. The van der Waals surface area contributed by atoms with Gasteiger partial charge in [0, 0.05) is 16.0 Å². The van der Waals surface area contributed by atoms with Crippen LogP contribution in [0.4, 0.5) is 13.2 Å². The van der Waals surface area contributed by atoms with Crippen molar-refractivity contribution >= 4 is 46.0 Å². The molecule has 0 radical (unpaired) electrons. The number of carboxylic acid groups (broad SMARTS) is 1. The summed E-state index contributed by atoms with van der Waals surface area (Å²) in [5.74, 6) is -2.17. The normalized spacial score (nSPS) is 12.3. The SMILES string of the molecule is C[C@@H](Oc1cc(C(=O)O)ccc1-c1nn(C(=O)c2c(Cl)cccc2C(F)(F)F)c2ccc(Cl)cc12)c1ccccc1. The van der Waals surface area contributed by atoms with Crippen molar-refractivity contribution in [2.45, 2.75) is 19.2 Å². The highest BCUT2D eigenvalue weighted by Gasteiger charge is 2.37. The molecule has 0 aliphatic rings. The summed E-state index contributed by atoms with van der Waals surface area (Å²) >= 11 is 12.4. The summed E-state index contributed by atoms with van der Waals surface area (Å²) in [6.45, 7) is 1.78. The van der Waals surface area contributed by atoms with Gasteiger partial charge in [0.15, 0.2) is 0 Å². The molecule has 6 nitrogen and oxygen atoms in total. The Morgan fingerprint density at radius 3 is 2.37 bits per heavy atom. The predicted molar refractivity (Wildman–Crippen MR) is 149 cm³/mol. The number of rotatable bonds is 6. The molecule has 1 N–H and O–H groups in total. The molecule has 0 aliphatic heterocycles. The van der Waals surface area contributed by atoms with Crippen LogP contribution in [0.3, 0.4) is 0 Å². The Morgan fingerprint density at radius 2 is 1.68 bits per heavy atom. The fourth-order valence-electron chi connectivity index (χ4n) is 4.46. The van der Waals surface area contributed by atoms with E-state index in [0.717, 1.165) is 22.4 Å². The number of carbonyl (C=O) groups is 2. The van der Waals surface area contributed by atoms with Crippen LogP contribution in [0.1, 0.15) is 44.9 Å². The maximum absolute atomic E-state index is 13.8. The van der Waals surface area contributed by atoms with Crippen LogP contribution in [0.25, 0.3) is 22.2 Å². The predicted octanol–water partition coefficient (Wildman–Crippen LogP) is 8.56. The molecule has 0 fully saturated rings. The van der Waals surface area contributed by atoms with E-state index in [4.69, 9.17) is 27.9 Å². The number of ether oxygens (including phenoxy) is 1. The first-order valence-corrected chi connectivity index (χ1v) is 12.9. The monoisotopic (exact) mass is 598 g/mol. The summed E-state index contributed by atoms with van der Waals surface area (Å²) < 4.78 is 48.5. The van der Waals surface area contributed by atoms with Crippen LogP contribution < -0.4 is 4.74 Å². The summed E-state index contributed by atoms with van der Waals surface area (Å²) in [5.41, 5.74) is -0.621. The number of hydrogen-bond acceptors (Lipinski definition) is 4. The fourth-order valence-corrected chi connectivity index (χ4v) is 4.89. The summed E-state index contributed by atoms with van der Waals surface area (Å²) in [7, 11) is 0. The molecular weight excluding hydrogens is 580 g/mol. The van der Waals surface area contributed by atoms with Crippen LogP contribution in [-0.2, 0) is 6.18 Å². The van der Waals surface area contributed by atoms with Gasteiger partial charge in [-0.25, -0.2) is 4.79 Å². The first kappa shape index (κ1) is 28.2. The van der Waals surface area contributed by atoms with Crippen molar-refractivity contribution in [1.29, 1.82) is 0 Å². The molecule has 208 valence electrons. The quantitative estimate of drug-likeness (QED) is 0.212. The van der Waals surface area contributed by atoms with Gasteiger partial charge in [-0.1, -0.05) is 59.6 Å². The molecule has 4 aromatic carbocycles. The Bertz CT molecular complexity index is 1800. The van der Waals surface area contributed by atoms with Crippen molar-refractivity contribution in [2.24, 2.45) is 0 Å². The molecule has 1 atom stereocenters. The lowest BCUT2D eigenvalue weighted by Gasteiger charge is -2.18. The lowest BCUT2D eigenvalue weighted by molar-refractivity contribution is -0.137. The highest BCUT2D eigenvalue weighted by Crippen LogP contribution is 2.40. The van der Waals surface area contributed by atoms with E-state index in [1.54, 1.807) is 6.92 Å². The molecule has 0 saturated carbocycles. The maximum Gasteiger partial charge on any atom is 0.417 e. The minimum absolute atomic E-state index is 0.0623. The first-order chi connectivity index (χ1) is 19.5. The van der Waals surface area contributed by atoms with Crippen LogP contribution in [0, 0.1) is 0 Å². The third-order valence-electron chi connectivity index (χ3n) is 6.42. The maximum atomic E-state index is 13.8. The number of aromatic nitrogens is 2. The van der Waals surface area contributed by atoms with Gasteiger partial charge in [0.05, 0.1) is 27.2 Å². The summed E-state index contributed by atoms with van der Waals surface area (Å²) in [4.78, 5) is 25.4. The lowest BCUT2D eigenvalue weighted by atomic mass is 10.0. The van der Waals surface area contributed by atoms with Gasteiger partial charge in [0.1, 0.15) is 17.5 Å². The number of hydrogen-bond donors (Lipinski definition) is 1. The van der Waals surface area contributed by atoms with E-state index in [2.05, 4.69) is 5.10 Å². The Kier molecular flexibility index (Phi) is 7.50. The fraction of sp³-hybridized carbons (Fsp3) is 0.100.